The molecule has 0 saturated heterocycles. The van der Waals surface area contributed by atoms with E-state index in [2.05, 4.69) is 35.2 Å². The molecule has 1 unspecified atom stereocenters. The topological polar surface area (TPSA) is 137 Å². The molecule has 144 valence electrons. The zero-order valence-corrected chi connectivity index (χ0v) is 16.5. The Balaban J connectivity index is 2.04. The molecule has 2 heterocycles. The van der Waals surface area contributed by atoms with E-state index >= 15 is 0 Å². The lowest BCUT2D eigenvalue weighted by Crippen LogP contribution is -2.21. The molecule has 3 aromatic rings. The van der Waals surface area contributed by atoms with E-state index in [4.69, 9.17) is 4.74 Å². The van der Waals surface area contributed by atoms with Crippen molar-refractivity contribution in [2.45, 2.75) is 24.4 Å². The zero-order valence-electron chi connectivity index (χ0n) is 14.8. The number of aromatic nitrogens is 6. The number of aryl methyl sites for hydroxylation is 1. The summed E-state index contributed by atoms with van der Waals surface area (Å²) in [5.74, 6) is 0.777. The van der Waals surface area contributed by atoms with Crippen LogP contribution in [0, 0.1) is 0 Å². The van der Waals surface area contributed by atoms with Crippen molar-refractivity contribution in [3.05, 3.63) is 35.1 Å². The molecule has 2 aromatic heterocycles. The first kappa shape index (κ1) is 19.1. The molecule has 2 N–H and O–H groups in total. The maximum absolute atomic E-state index is 12.3. The SMILES string of the molecule is CCn1nnnc1C(Nc1ccc(OC)c(S(=O)(=O)NC)c1)c1csnn1. The summed E-state index contributed by atoms with van der Waals surface area (Å²) in [6.45, 7) is 2.49. The van der Waals surface area contributed by atoms with Crippen LogP contribution in [0.3, 0.4) is 0 Å². The van der Waals surface area contributed by atoms with Crippen molar-refractivity contribution in [3.8, 4) is 5.75 Å². The summed E-state index contributed by atoms with van der Waals surface area (Å²) in [6.07, 6.45) is 0. The smallest absolute Gasteiger partial charge is 0.244 e. The molecule has 1 aromatic carbocycles. The molecule has 27 heavy (non-hydrogen) atoms. The van der Waals surface area contributed by atoms with Gasteiger partial charge in [-0.15, -0.1) is 10.2 Å². The van der Waals surface area contributed by atoms with Gasteiger partial charge in [0.2, 0.25) is 10.0 Å². The van der Waals surface area contributed by atoms with E-state index < -0.39 is 16.1 Å². The quantitative estimate of drug-likeness (QED) is 0.548. The molecule has 0 spiro atoms. The van der Waals surface area contributed by atoms with Crippen LogP contribution in [-0.2, 0) is 16.6 Å². The number of tetrazole rings is 1. The van der Waals surface area contributed by atoms with Crippen LogP contribution in [-0.4, -0.2) is 52.4 Å². The highest BCUT2D eigenvalue weighted by molar-refractivity contribution is 7.89. The average molecular weight is 410 g/mol. The van der Waals surface area contributed by atoms with Gasteiger partial charge in [0.1, 0.15) is 22.4 Å². The van der Waals surface area contributed by atoms with Crippen molar-refractivity contribution in [2.75, 3.05) is 19.5 Å². The van der Waals surface area contributed by atoms with Crippen molar-refractivity contribution >= 4 is 27.2 Å². The Morgan fingerprint density at radius 2 is 2.15 bits per heavy atom. The Hall–Kier alpha value is -2.64. The van der Waals surface area contributed by atoms with Crippen molar-refractivity contribution in [2.24, 2.45) is 0 Å². The molecule has 0 saturated carbocycles. The van der Waals surface area contributed by atoms with E-state index in [1.165, 1.54) is 31.8 Å². The molecule has 0 aliphatic carbocycles. The van der Waals surface area contributed by atoms with Gasteiger partial charge < -0.3 is 10.1 Å². The van der Waals surface area contributed by atoms with Crippen LogP contribution in [0.1, 0.15) is 24.5 Å². The van der Waals surface area contributed by atoms with Crippen molar-refractivity contribution in [3.63, 3.8) is 0 Å². The molecule has 1 atom stereocenters. The Morgan fingerprint density at radius 1 is 1.33 bits per heavy atom. The summed E-state index contributed by atoms with van der Waals surface area (Å²) in [6, 6.07) is 4.26. The molecule has 0 aliphatic heterocycles. The third kappa shape index (κ3) is 3.89. The first-order chi connectivity index (χ1) is 13.0. The summed E-state index contributed by atoms with van der Waals surface area (Å²) in [5, 5.41) is 20.9. The van der Waals surface area contributed by atoms with Gasteiger partial charge >= 0.3 is 0 Å². The predicted molar refractivity (Wildman–Crippen MR) is 98.1 cm³/mol. The summed E-state index contributed by atoms with van der Waals surface area (Å²) in [7, 11) is -0.952. The molecule has 0 radical (unpaired) electrons. The zero-order chi connectivity index (χ0) is 19.4. The second kappa shape index (κ2) is 7.94. The minimum Gasteiger partial charge on any atom is -0.495 e. The van der Waals surface area contributed by atoms with E-state index in [0.717, 1.165) is 0 Å². The van der Waals surface area contributed by atoms with Crippen LogP contribution in [0.5, 0.6) is 5.75 Å². The summed E-state index contributed by atoms with van der Waals surface area (Å²) < 4.78 is 37.6. The van der Waals surface area contributed by atoms with Gasteiger partial charge in [-0.1, -0.05) is 4.49 Å². The molecule has 0 amide bonds. The Morgan fingerprint density at radius 3 is 2.78 bits per heavy atom. The fourth-order valence-electron chi connectivity index (χ4n) is 2.47. The maximum Gasteiger partial charge on any atom is 0.244 e. The number of methoxy groups -OCH3 is 1. The summed E-state index contributed by atoms with van der Waals surface area (Å²) in [5.41, 5.74) is 1.16. The average Bonchev–Trinajstić information content (AvgIpc) is 3.37. The second-order valence-electron chi connectivity index (χ2n) is 5.33. The Bertz CT molecular complexity index is 1000. The number of anilines is 1. The molecular formula is C14H18N8O3S2. The predicted octanol–water partition coefficient (Wildman–Crippen LogP) is 0.663. The van der Waals surface area contributed by atoms with Gasteiger partial charge in [-0.3, -0.25) is 0 Å². The van der Waals surface area contributed by atoms with E-state index in [1.54, 1.807) is 22.2 Å². The highest BCUT2D eigenvalue weighted by Gasteiger charge is 2.25. The lowest BCUT2D eigenvalue weighted by atomic mass is 10.2. The third-order valence-electron chi connectivity index (χ3n) is 3.82. The van der Waals surface area contributed by atoms with Gasteiger partial charge in [0.15, 0.2) is 5.82 Å². The van der Waals surface area contributed by atoms with E-state index in [0.29, 0.717) is 23.8 Å². The first-order valence-corrected chi connectivity index (χ1v) is 10.2. The third-order valence-corrected chi connectivity index (χ3v) is 5.78. The Kier molecular flexibility index (Phi) is 5.62. The van der Waals surface area contributed by atoms with E-state index in [9.17, 15) is 8.42 Å². The standard InChI is InChI=1S/C14H18N8O3S2/c1-4-22-14(18-19-20-22)13(10-8-26-21-17-10)16-9-5-6-11(25-3)12(7-9)27(23,24)15-2/h5-8,13,15-16H,4H2,1-3H3. The minimum absolute atomic E-state index is 0.0164. The second-order valence-corrected chi connectivity index (χ2v) is 7.80. The van der Waals surface area contributed by atoms with Crippen LogP contribution < -0.4 is 14.8 Å². The van der Waals surface area contributed by atoms with Crippen LogP contribution in [0.15, 0.2) is 28.5 Å². The van der Waals surface area contributed by atoms with Crippen molar-refractivity contribution < 1.29 is 13.2 Å². The molecule has 11 nitrogen and oxygen atoms in total. The van der Waals surface area contributed by atoms with Gasteiger partial charge in [0.05, 0.1) is 7.11 Å². The molecular weight excluding hydrogens is 392 g/mol. The van der Waals surface area contributed by atoms with Crippen LogP contribution in [0.4, 0.5) is 5.69 Å². The van der Waals surface area contributed by atoms with Gasteiger partial charge in [-0.05, 0) is 54.1 Å². The number of sulfonamides is 1. The van der Waals surface area contributed by atoms with Gasteiger partial charge in [-0.2, -0.15) is 0 Å². The molecule has 0 fully saturated rings. The highest BCUT2D eigenvalue weighted by atomic mass is 32.2. The van der Waals surface area contributed by atoms with Crippen LogP contribution in [0.25, 0.3) is 0 Å². The van der Waals surface area contributed by atoms with Crippen molar-refractivity contribution in [1.29, 1.82) is 0 Å². The number of rotatable bonds is 8. The molecule has 0 aliphatic rings. The molecule has 13 heteroatoms. The number of nitrogens with zero attached hydrogens (tertiary/aromatic N) is 6. The largest absolute Gasteiger partial charge is 0.495 e. The van der Waals surface area contributed by atoms with E-state index in [-0.39, 0.29) is 10.6 Å². The molecule has 3 rings (SSSR count). The lowest BCUT2D eigenvalue weighted by Gasteiger charge is -2.18. The number of nitrogens with one attached hydrogen (secondary N) is 2. The fraction of sp³-hybridized carbons (Fsp3) is 0.357. The first-order valence-electron chi connectivity index (χ1n) is 7.91. The van der Waals surface area contributed by atoms with Gasteiger partial charge in [0.25, 0.3) is 0 Å². The maximum atomic E-state index is 12.3. The number of ether oxygens (including phenoxy) is 1. The molecule has 0 bridgehead atoms. The van der Waals surface area contributed by atoms with Crippen LogP contribution in [0.2, 0.25) is 0 Å². The van der Waals surface area contributed by atoms with Crippen LogP contribution >= 0.6 is 11.5 Å². The highest BCUT2D eigenvalue weighted by Crippen LogP contribution is 2.30. The fourth-order valence-corrected chi connectivity index (χ4v) is 3.86. The van der Waals surface area contributed by atoms with Gasteiger partial charge in [-0.25, -0.2) is 17.8 Å². The lowest BCUT2D eigenvalue weighted by molar-refractivity contribution is 0.402. The monoisotopic (exact) mass is 410 g/mol. The minimum atomic E-state index is -3.71. The normalized spacial score (nSPS) is 12.7. The number of benzene rings is 1. The van der Waals surface area contributed by atoms with Gasteiger partial charge in [0, 0.05) is 17.6 Å². The summed E-state index contributed by atoms with van der Waals surface area (Å²) >= 11 is 1.20. The van der Waals surface area contributed by atoms with Crippen molar-refractivity contribution in [1.82, 2.24) is 34.5 Å². The van der Waals surface area contributed by atoms with E-state index in [1.807, 2.05) is 6.92 Å². The Labute approximate surface area is 160 Å². The summed E-state index contributed by atoms with van der Waals surface area (Å²) in [4.78, 5) is 0.0164. The number of hydrogen-bond donors (Lipinski definition) is 2. The number of hydrogen-bond acceptors (Lipinski definition) is 10.